The van der Waals surface area contributed by atoms with Crippen LogP contribution in [0.15, 0.2) is 0 Å². The van der Waals surface area contributed by atoms with E-state index >= 15 is 0 Å². The van der Waals surface area contributed by atoms with Crippen LogP contribution < -0.4 is 5.73 Å². The SMILES string of the molecule is Br.CS(=O)(=O)SCCCCCCN. The van der Waals surface area contributed by atoms with Gasteiger partial charge < -0.3 is 5.73 Å². The van der Waals surface area contributed by atoms with Crippen LogP contribution in [0.25, 0.3) is 0 Å². The number of nitrogens with two attached hydrogens (primary N) is 1. The van der Waals surface area contributed by atoms with Crippen molar-refractivity contribution < 1.29 is 8.42 Å². The molecule has 0 radical (unpaired) electrons. The molecule has 0 aliphatic carbocycles. The fourth-order valence-corrected chi connectivity index (χ4v) is 2.70. The van der Waals surface area contributed by atoms with Gasteiger partial charge in [0.05, 0.1) is 0 Å². The summed E-state index contributed by atoms with van der Waals surface area (Å²) in [6, 6.07) is 0. The lowest BCUT2D eigenvalue weighted by Crippen LogP contribution is -1.98. The van der Waals surface area contributed by atoms with Crippen LogP contribution in [0.1, 0.15) is 25.7 Å². The zero-order chi connectivity index (χ0) is 9.45. The highest BCUT2D eigenvalue weighted by Crippen LogP contribution is 2.12. The van der Waals surface area contributed by atoms with Crippen molar-refractivity contribution in [2.75, 3.05) is 18.6 Å². The molecule has 3 nitrogen and oxygen atoms in total. The minimum atomic E-state index is -2.82. The van der Waals surface area contributed by atoms with Crippen molar-refractivity contribution in [3.63, 3.8) is 0 Å². The second-order valence-electron chi connectivity index (χ2n) is 2.73. The molecule has 82 valence electrons. The van der Waals surface area contributed by atoms with Gasteiger partial charge in [-0.25, -0.2) is 8.42 Å². The Morgan fingerprint density at radius 2 is 1.69 bits per heavy atom. The molecule has 2 N–H and O–H groups in total. The van der Waals surface area contributed by atoms with E-state index in [1.54, 1.807) is 0 Å². The Morgan fingerprint density at radius 1 is 1.15 bits per heavy atom. The van der Waals surface area contributed by atoms with Gasteiger partial charge in [-0.2, -0.15) is 0 Å². The standard InChI is InChI=1S/C7H17NO2S2.BrH/c1-12(9,10)11-7-5-3-2-4-6-8;/h2-8H2,1H3;1H. The van der Waals surface area contributed by atoms with Gasteiger partial charge in [-0.15, -0.1) is 17.0 Å². The summed E-state index contributed by atoms with van der Waals surface area (Å²) in [6.45, 7) is 0.735. The summed E-state index contributed by atoms with van der Waals surface area (Å²) in [4.78, 5) is 0. The van der Waals surface area contributed by atoms with Gasteiger partial charge in [-0.05, 0) is 30.2 Å². The maximum Gasteiger partial charge on any atom is 0.198 e. The first-order chi connectivity index (χ1) is 5.56. The van der Waals surface area contributed by atoms with E-state index in [4.69, 9.17) is 5.73 Å². The summed E-state index contributed by atoms with van der Waals surface area (Å²) in [6.07, 6.45) is 5.46. The lowest BCUT2D eigenvalue weighted by atomic mass is 10.2. The van der Waals surface area contributed by atoms with E-state index in [1.807, 2.05) is 0 Å². The number of hydrogen-bond acceptors (Lipinski definition) is 4. The molecule has 0 aromatic rings. The third-order valence-electron chi connectivity index (χ3n) is 1.40. The highest BCUT2D eigenvalue weighted by Gasteiger charge is 2.00. The molecule has 6 heteroatoms. The Balaban J connectivity index is 0. The maximum absolute atomic E-state index is 10.7. The van der Waals surface area contributed by atoms with Gasteiger partial charge in [0.1, 0.15) is 0 Å². The molecule has 0 atom stereocenters. The Hall–Kier alpha value is 0.740. The van der Waals surface area contributed by atoms with Crippen molar-refractivity contribution in [3.05, 3.63) is 0 Å². The highest BCUT2D eigenvalue weighted by molar-refractivity contribution is 8.93. The Labute approximate surface area is 94.9 Å². The van der Waals surface area contributed by atoms with Crippen molar-refractivity contribution in [1.29, 1.82) is 0 Å². The van der Waals surface area contributed by atoms with Gasteiger partial charge in [0.25, 0.3) is 0 Å². The van der Waals surface area contributed by atoms with Crippen LogP contribution >= 0.6 is 27.8 Å². The first kappa shape index (κ1) is 16.2. The first-order valence-corrected chi connectivity index (χ1v) is 7.50. The normalized spacial score (nSPS) is 10.9. The lowest BCUT2D eigenvalue weighted by Gasteiger charge is -1.98. The monoisotopic (exact) mass is 291 g/mol. The zero-order valence-corrected chi connectivity index (χ0v) is 11.2. The van der Waals surface area contributed by atoms with E-state index in [1.165, 1.54) is 6.26 Å². The molecule has 0 aromatic heterocycles. The first-order valence-electron chi connectivity index (χ1n) is 4.11. The summed E-state index contributed by atoms with van der Waals surface area (Å²) in [5.74, 6) is 0.712. The van der Waals surface area contributed by atoms with E-state index in [9.17, 15) is 8.42 Å². The number of halogens is 1. The zero-order valence-electron chi connectivity index (χ0n) is 7.86. The van der Waals surface area contributed by atoms with Crippen LogP contribution in [0.5, 0.6) is 0 Å². The molecule has 0 aliphatic heterocycles. The smallest absolute Gasteiger partial charge is 0.198 e. The van der Waals surface area contributed by atoms with Crippen molar-refractivity contribution >= 4 is 36.6 Å². The largest absolute Gasteiger partial charge is 0.330 e. The quantitative estimate of drug-likeness (QED) is 0.574. The molecule has 0 saturated heterocycles. The molecule has 0 bridgehead atoms. The van der Waals surface area contributed by atoms with Crippen LogP contribution in [-0.2, 0) is 8.87 Å². The van der Waals surface area contributed by atoms with Crippen LogP contribution in [0.2, 0.25) is 0 Å². The molecule has 0 rings (SSSR count). The lowest BCUT2D eigenvalue weighted by molar-refractivity contribution is 0.615. The molecule has 0 fully saturated rings. The van der Waals surface area contributed by atoms with Gasteiger partial charge in [-0.1, -0.05) is 12.8 Å². The fourth-order valence-electron chi connectivity index (χ4n) is 0.810. The summed E-state index contributed by atoms with van der Waals surface area (Å²) >= 11 is 0. The van der Waals surface area contributed by atoms with Crippen LogP contribution in [-0.4, -0.2) is 27.0 Å². The third-order valence-corrected chi connectivity index (χ3v) is 4.06. The molecule has 0 unspecified atom stereocenters. The molecular formula is C7H18BrNO2S2. The Morgan fingerprint density at radius 3 is 2.15 bits per heavy atom. The average Bonchev–Trinajstić information content (AvgIpc) is 1.94. The van der Waals surface area contributed by atoms with Crippen molar-refractivity contribution in [2.24, 2.45) is 5.73 Å². The third kappa shape index (κ3) is 15.5. The minimum Gasteiger partial charge on any atom is -0.330 e. The van der Waals surface area contributed by atoms with Crippen LogP contribution in [0, 0.1) is 0 Å². The van der Waals surface area contributed by atoms with Crippen LogP contribution in [0.4, 0.5) is 0 Å². The molecule has 0 aliphatic rings. The van der Waals surface area contributed by atoms with Gasteiger partial charge >= 0.3 is 0 Å². The number of hydrogen-bond donors (Lipinski definition) is 1. The van der Waals surface area contributed by atoms with Gasteiger partial charge in [0.2, 0.25) is 0 Å². The average molecular weight is 292 g/mol. The summed E-state index contributed by atoms with van der Waals surface area (Å²) in [5.41, 5.74) is 5.31. The summed E-state index contributed by atoms with van der Waals surface area (Å²) in [7, 11) is -1.79. The topological polar surface area (TPSA) is 60.2 Å². The van der Waals surface area contributed by atoms with E-state index in [0.717, 1.165) is 43.0 Å². The Kier molecular flexibility index (Phi) is 11.6. The van der Waals surface area contributed by atoms with E-state index < -0.39 is 8.87 Å². The second-order valence-corrected chi connectivity index (χ2v) is 7.30. The van der Waals surface area contributed by atoms with E-state index in [2.05, 4.69) is 0 Å². The summed E-state index contributed by atoms with van der Waals surface area (Å²) in [5, 5.41) is 0. The molecule has 0 saturated carbocycles. The van der Waals surface area contributed by atoms with Gasteiger partial charge in [0, 0.05) is 12.0 Å². The molecule has 13 heavy (non-hydrogen) atoms. The van der Waals surface area contributed by atoms with Crippen molar-refractivity contribution in [3.8, 4) is 0 Å². The minimum absolute atomic E-state index is 0. The molecule has 0 amide bonds. The predicted molar refractivity (Wildman–Crippen MR) is 65.1 cm³/mol. The van der Waals surface area contributed by atoms with Gasteiger partial charge in [0.15, 0.2) is 8.87 Å². The maximum atomic E-state index is 10.7. The fraction of sp³-hybridized carbons (Fsp3) is 1.00. The number of rotatable bonds is 7. The Bertz CT molecular complexity index is 195. The second kappa shape index (κ2) is 9.30. The van der Waals surface area contributed by atoms with Gasteiger partial charge in [-0.3, -0.25) is 0 Å². The van der Waals surface area contributed by atoms with Crippen LogP contribution in [0.3, 0.4) is 0 Å². The van der Waals surface area contributed by atoms with E-state index in [-0.39, 0.29) is 17.0 Å². The van der Waals surface area contributed by atoms with E-state index in [0.29, 0.717) is 5.75 Å². The van der Waals surface area contributed by atoms with Crippen molar-refractivity contribution in [1.82, 2.24) is 0 Å². The van der Waals surface area contributed by atoms with Crippen molar-refractivity contribution in [2.45, 2.75) is 25.7 Å². The number of unbranched alkanes of at least 4 members (excludes halogenated alkanes) is 3. The molecule has 0 heterocycles. The molecule has 0 aromatic carbocycles. The summed E-state index contributed by atoms with van der Waals surface area (Å²) < 4.78 is 21.3. The molecule has 0 spiro atoms. The molecular weight excluding hydrogens is 274 g/mol. The highest BCUT2D eigenvalue weighted by atomic mass is 79.9. The predicted octanol–water partition coefficient (Wildman–Crippen LogP) is 1.78.